The minimum absolute atomic E-state index is 0.00251. The Labute approximate surface area is 159 Å². The van der Waals surface area contributed by atoms with E-state index in [1.165, 1.54) is 6.07 Å². The molecule has 0 N–H and O–H groups in total. The highest BCUT2D eigenvalue weighted by molar-refractivity contribution is 6.30. The van der Waals surface area contributed by atoms with Gasteiger partial charge >= 0.3 is 11.6 Å². The molecule has 0 radical (unpaired) electrons. The Hall–Kier alpha value is -3.11. The number of benzene rings is 3. The van der Waals surface area contributed by atoms with Gasteiger partial charge in [-0.2, -0.15) is 0 Å². The number of ether oxygens (including phenoxy) is 1. The van der Waals surface area contributed by atoms with Gasteiger partial charge in [-0.15, -0.1) is 0 Å². The maximum atomic E-state index is 12.2. The third-order valence-electron chi connectivity index (χ3n) is 4.36. The van der Waals surface area contributed by atoms with Gasteiger partial charge in [0.2, 0.25) is 0 Å². The van der Waals surface area contributed by atoms with Gasteiger partial charge < -0.3 is 9.15 Å². The van der Waals surface area contributed by atoms with Crippen molar-refractivity contribution in [3.8, 4) is 0 Å². The van der Waals surface area contributed by atoms with Crippen molar-refractivity contribution in [1.29, 1.82) is 0 Å². The second-order valence-corrected chi connectivity index (χ2v) is 6.65. The summed E-state index contributed by atoms with van der Waals surface area (Å²) in [6.45, 7) is 0.00251. The quantitative estimate of drug-likeness (QED) is 0.288. The monoisotopic (exact) mass is 378 g/mol. The van der Waals surface area contributed by atoms with Crippen molar-refractivity contribution in [2.75, 3.05) is 0 Å². The lowest BCUT2D eigenvalue weighted by molar-refractivity contribution is -0.144. The highest BCUT2D eigenvalue weighted by Gasteiger charge is 2.12. The molecule has 3 aromatic carbocycles. The number of fused-ring (bicyclic) bond motifs is 3. The van der Waals surface area contributed by atoms with Crippen LogP contribution >= 0.6 is 11.6 Å². The molecular weight excluding hydrogens is 364 g/mol. The molecule has 0 spiro atoms. The number of carbonyl (C=O) groups excluding carboxylic acids is 1. The van der Waals surface area contributed by atoms with E-state index in [1.54, 1.807) is 30.3 Å². The molecule has 0 amide bonds. The number of carbonyl (C=O) groups is 1. The molecule has 1 aromatic heterocycles. The van der Waals surface area contributed by atoms with E-state index in [4.69, 9.17) is 20.8 Å². The predicted molar refractivity (Wildman–Crippen MR) is 105 cm³/mol. The Balaban J connectivity index is 1.63. The molecule has 0 saturated heterocycles. The van der Waals surface area contributed by atoms with Gasteiger partial charge in [0.15, 0.2) is 0 Å². The molecule has 0 bridgehead atoms. The average molecular weight is 379 g/mol. The summed E-state index contributed by atoms with van der Waals surface area (Å²) in [7, 11) is 0. The van der Waals surface area contributed by atoms with Crippen LogP contribution in [0.25, 0.3) is 21.7 Å². The van der Waals surface area contributed by atoms with Gasteiger partial charge in [0.05, 0.1) is 6.42 Å². The molecule has 4 aromatic rings. The molecule has 0 fully saturated rings. The van der Waals surface area contributed by atoms with E-state index in [0.29, 0.717) is 16.2 Å². The molecule has 0 aliphatic rings. The van der Waals surface area contributed by atoms with Gasteiger partial charge in [-0.05, 0) is 34.5 Å². The summed E-state index contributed by atoms with van der Waals surface area (Å²) in [5.41, 5.74) is 1.45. The molecule has 1 heterocycles. The molecule has 0 aliphatic heterocycles. The lowest BCUT2D eigenvalue weighted by Gasteiger charge is -2.10. The van der Waals surface area contributed by atoms with Crippen LogP contribution in [-0.4, -0.2) is 5.97 Å². The Morgan fingerprint density at radius 2 is 1.78 bits per heavy atom. The van der Waals surface area contributed by atoms with Gasteiger partial charge in [0, 0.05) is 22.0 Å². The highest BCUT2D eigenvalue weighted by Crippen LogP contribution is 2.27. The van der Waals surface area contributed by atoms with Crippen LogP contribution in [0.15, 0.2) is 75.9 Å². The van der Waals surface area contributed by atoms with Crippen LogP contribution in [-0.2, 0) is 22.6 Å². The normalized spacial score (nSPS) is 11.0. The molecule has 4 nitrogen and oxygen atoms in total. The van der Waals surface area contributed by atoms with E-state index in [-0.39, 0.29) is 19.0 Å². The fourth-order valence-electron chi connectivity index (χ4n) is 3.11. The van der Waals surface area contributed by atoms with Gasteiger partial charge in [-0.1, -0.05) is 54.1 Å². The molecule has 5 heteroatoms. The number of rotatable bonds is 4. The zero-order chi connectivity index (χ0) is 18.8. The van der Waals surface area contributed by atoms with E-state index < -0.39 is 5.63 Å². The van der Waals surface area contributed by atoms with Crippen molar-refractivity contribution in [2.45, 2.75) is 13.0 Å². The molecule has 27 heavy (non-hydrogen) atoms. The van der Waals surface area contributed by atoms with Crippen molar-refractivity contribution in [3.63, 3.8) is 0 Å². The minimum atomic E-state index is -0.471. The summed E-state index contributed by atoms with van der Waals surface area (Å²) < 4.78 is 10.7. The van der Waals surface area contributed by atoms with Gasteiger partial charge in [-0.25, -0.2) is 4.79 Å². The summed E-state index contributed by atoms with van der Waals surface area (Å²) >= 11 is 5.85. The number of hydrogen-bond acceptors (Lipinski definition) is 4. The first-order valence-electron chi connectivity index (χ1n) is 8.45. The smallest absolute Gasteiger partial charge is 0.336 e. The van der Waals surface area contributed by atoms with E-state index in [0.717, 1.165) is 21.7 Å². The van der Waals surface area contributed by atoms with Gasteiger partial charge in [0.25, 0.3) is 0 Å². The van der Waals surface area contributed by atoms with Crippen LogP contribution in [0.4, 0.5) is 0 Å². The minimum Gasteiger partial charge on any atom is -0.461 e. The first-order chi connectivity index (χ1) is 13.1. The molecular formula is C22H15ClO4. The zero-order valence-corrected chi connectivity index (χ0v) is 15.0. The Morgan fingerprint density at radius 3 is 2.59 bits per heavy atom. The molecule has 0 unspecified atom stereocenters. The predicted octanol–water partition coefficient (Wildman–Crippen LogP) is 4.89. The lowest BCUT2D eigenvalue weighted by Crippen LogP contribution is -2.10. The molecule has 4 rings (SSSR count). The van der Waals surface area contributed by atoms with Crippen LogP contribution in [0.3, 0.4) is 0 Å². The molecule has 0 aliphatic carbocycles. The van der Waals surface area contributed by atoms with E-state index in [1.807, 2.05) is 30.3 Å². The Bertz CT molecular complexity index is 1190. The zero-order valence-electron chi connectivity index (χ0n) is 14.3. The largest absolute Gasteiger partial charge is 0.461 e. The van der Waals surface area contributed by atoms with Crippen LogP contribution in [0.2, 0.25) is 5.02 Å². The third-order valence-corrected chi connectivity index (χ3v) is 4.62. The van der Waals surface area contributed by atoms with Crippen molar-refractivity contribution in [2.24, 2.45) is 0 Å². The van der Waals surface area contributed by atoms with E-state index in [2.05, 4.69) is 0 Å². The van der Waals surface area contributed by atoms with E-state index >= 15 is 0 Å². The first kappa shape index (κ1) is 17.3. The fourth-order valence-corrected chi connectivity index (χ4v) is 3.24. The first-order valence-corrected chi connectivity index (χ1v) is 8.82. The summed E-state index contributed by atoms with van der Waals surface area (Å²) in [5.74, 6) is -0.376. The van der Waals surface area contributed by atoms with Crippen LogP contribution in [0, 0.1) is 0 Å². The summed E-state index contributed by atoms with van der Waals surface area (Å²) in [4.78, 5) is 24.1. The van der Waals surface area contributed by atoms with Gasteiger partial charge in [0.1, 0.15) is 12.2 Å². The standard InChI is InChI=1S/C22H15ClO4/c23-17-8-5-14(6-9-17)11-20(24)26-13-16-12-21(25)27-19-10-7-15-3-1-2-4-18(15)22(16)19/h1-10,12H,11,13H2. The maximum Gasteiger partial charge on any atom is 0.336 e. The summed E-state index contributed by atoms with van der Waals surface area (Å²) in [5, 5.41) is 3.36. The Morgan fingerprint density at radius 1 is 1.00 bits per heavy atom. The molecule has 134 valence electrons. The number of esters is 1. The topological polar surface area (TPSA) is 56.5 Å². The fraction of sp³-hybridized carbons (Fsp3) is 0.0909. The van der Waals surface area contributed by atoms with Crippen molar-refractivity contribution >= 4 is 39.3 Å². The average Bonchev–Trinajstić information content (AvgIpc) is 2.67. The Kier molecular flexibility index (Phi) is 4.65. The number of halogens is 1. The van der Waals surface area contributed by atoms with E-state index in [9.17, 15) is 9.59 Å². The second-order valence-electron chi connectivity index (χ2n) is 6.21. The van der Waals surface area contributed by atoms with Crippen molar-refractivity contribution in [1.82, 2.24) is 0 Å². The van der Waals surface area contributed by atoms with Crippen LogP contribution in [0.1, 0.15) is 11.1 Å². The van der Waals surface area contributed by atoms with Crippen molar-refractivity contribution in [3.05, 3.63) is 93.3 Å². The van der Waals surface area contributed by atoms with Crippen LogP contribution in [0.5, 0.6) is 0 Å². The SMILES string of the molecule is O=C(Cc1ccc(Cl)cc1)OCc1cc(=O)oc2ccc3ccccc3c12. The lowest BCUT2D eigenvalue weighted by atomic mass is 10.0. The van der Waals surface area contributed by atoms with Crippen molar-refractivity contribution < 1.29 is 13.9 Å². The third kappa shape index (κ3) is 3.71. The molecule has 0 atom stereocenters. The maximum absolute atomic E-state index is 12.2. The van der Waals surface area contributed by atoms with Crippen LogP contribution < -0.4 is 5.63 Å². The second kappa shape index (κ2) is 7.25. The molecule has 0 saturated carbocycles. The number of hydrogen-bond donors (Lipinski definition) is 0. The summed E-state index contributed by atoms with van der Waals surface area (Å²) in [6.07, 6.45) is 0.136. The summed E-state index contributed by atoms with van der Waals surface area (Å²) in [6, 6.07) is 19.9. The van der Waals surface area contributed by atoms with Gasteiger partial charge in [-0.3, -0.25) is 4.79 Å². The highest BCUT2D eigenvalue weighted by atomic mass is 35.5.